The Morgan fingerprint density at radius 1 is 1.29 bits per heavy atom. The lowest BCUT2D eigenvalue weighted by Gasteiger charge is -2.42. The molecule has 2 aliphatic rings. The zero-order chi connectivity index (χ0) is 15.0. The summed E-state index contributed by atoms with van der Waals surface area (Å²) in [5.41, 5.74) is 6.26. The predicted molar refractivity (Wildman–Crippen MR) is 84.4 cm³/mol. The fraction of sp³-hybridized carbons (Fsp3) is 0.571. The van der Waals surface area contributed by atoms with Gasteiger partial charge in [0.2, 0.25) is 10.0 Å². The van der Waals surface area contributed by atoms with E-state index in [1.54, 1.807) is 16.4 Å². The van der Waals surface area contributed by atoms with Crippen molar-refractivity contribution in [3.8, 4) is 0 Å². The summed E-state index contributed by atoms with van der Waals surface area (Å²) in [6.07, 6.45) is 4.02. The first-order chi connectivity index (χ1) is 10.00. The molecule has 0 bridgehead atoms. The highest BCUT2D eigenvalue weighted by atomic mass is 79.9. The average molecular weight is 375 g/mol. The molecule has 1 aliphatic carbocycles. The third kappa shape index (κ3) is 2.84. The molecular weight excluding hydrogens is 356 g/mol. The van der Waals surface area contributed by atoms with Crippen molar-refractivity contribution in [2.24, 2.45) is 0 Å². The van der Waals surface area contributed by atoms with Crippen LogP contribution in [0.4, 0.5) is 5.69 Å². The topological polar surface area (TPSA) is 72.6 Å². The van der Waals surface area contributed by atoms with Crippen molar-refractivity contribution in [2.75, 3.05) is 18.9 Å². The Balaban J connectivity index is 1.94. The number of hydrogen-bond donors (Lipinski definition) is 1. The quantitative estimate of drug-likeness (QED) is 0.806. The van der Waals surface area contributed by atoms with Crippen LogP contribution in [0.15, 0.2) is 27.6 Å². The molecule has 2 atom stereocenters. The highest BCUT2D eigenvalue weighted by molar-refractivity contribution is 9.10. The SMILES string of the molecule is Nc1cc(S(=O)(=O)N2CCOC3CCCCC32)ccc1Br. The Hall–Kier alpha value is -0.630. The third-order valence-corrected chi connectivity index (χ3v) is 6.90. The molecule has 0 radical (unpaired) electrons. The van der Waals surface area contributed by atoms with Crippen molar-refractivity contribution >= 4 is 31.6 Å². The first kappa shape index (κ1) is 15.3. The number of nitrogen functional groups attached to an aromatic ring is 1. The number of sulfonamides is 1. The molecule has 3 rings (SSSR count). The summed E-state index contributed by atoms with van der Waals surface area (Å²) in [5, 5.41) is 0. The van der Waals surface area contributed by atoms with E-state index in [4.69, 9.17) is 10.5 Å². The molecule has 1 aliphatic heterocycles. The summed E-state index contributed by atoms with van der Waals surface area (Å²) in [6, 6.07) is 4.76. The molecule has 1 aromatic carbocycles. The Kier molecular flexibility index (Phi) is 4.27. The van der Waals surface area contributed by atoms with Gasteiger partial charge in [-0.05, 0) is 47.0 Å². The van der Waals surface area contributed by atoms with E-state index in [0.29, 0.717) is 23.3 Å². The Morgan fingerprint density at radius 3 is 2.81 bits per heavy atom. The Bertz CT molecular complexity index is 633. The number of halogens is 1. The van der Waals surface area contributed by atoms with Crippen LogP contribution < -0.4 is 5.73 Å². The number of rotatable bonds is 2. The Labute approximate surface area is 133 Å². The zero-order valence-electron chi connectivity index (χ0n) is 11.7. The molecule has 5 nitrogen and oxygen atoms in total. The van der Waals surface area contributed by atoms with E-state index in [9.17, 15) is 8.42 Å². The van der Waals surface area contributed by atoms with Gasteiger partial charge in [-0.1, -0.05) is 12.8 Å². The number of benzene rings is 1. The highest BCUT2D eigenvalue weighted by Gasteiger charge is 2.40. The number of morpholine rings is 1. The fourth-order valence-corrected chi connectivity index (χ4v) is 5.12. The van der Waals surface area contributed by atoms with Crippen LogP contribution in [0.5, 0.6) is 0 Å². The van der Waals surface area contributed by atoms with Crippen molar-refractivity contribution in [3.63, 3.8) is 0 Å². The molecule has 116 valence electrons. The number of anilines is 1. The van der Waals surface area contributed by atoms with Crippen LogP contribution >= 0.6 is 15.9 Å². The van der Waals surface area contributed by atoms with Crippen molar-refractivity contribution in [1.29, 1.82) is 0 Å². The van der Waals surface area contributed by atoms with Gasteiger partial charge in [-0.3, -0.25) is 0 Å². The van der Waals surface area contributed by atoms with E-state index in [1.165, 1.54) is 6.07 Å². The molecule has 0 amide bonds. The van der Waals surface area contributed by atoms with Crippen LogP contribution in [0.1, 0.15) is 25.7 Å². The monoisotopic (exact) mass is 374 g/mol. The van der Waals surface area contributed by atoms with Gasteiger partial charge in [0.05, 0.1) is 23.6 Å². The molecule has 0 spiro atoms. The second-order valence-electron chi connectivity index (χ2n) is 5.56. The fourth-order valence-electron chi connectivity index (χ4n) is 3.18. The van der Waals surface area contributed by atoms with E-state index in [2.05, 4.69) is 15.9 Å². The summed E-state index contributed by atoms with van der Waals surface area (Å²) in [4.78, 5) is 0.259. The number of nitrogens with two attached hydrogens (primary N) is 1. The van der Waals surface area contributed by atoms with Gasteiger partial charge in [0.1, 0.15) is 0 Å². The van der Waals surface area contributed by atoms with Gasteiger partial charge >= 0.3 is 0 Å². The smallest absolute Gasteiger partial charge is 0.243 e. The largest absolute Gasteiger partial charge is 0.398 e. The van der Waals surface area contributed by atoms with Gasteiger partial charge < -0.3 is 10.5 Å². The lowest BCUT2D eigenvalue weighted by atomic mass is 9.91. The summed E-state index contributed by atoms with van der Waals surface area (Å²) in [6.45, 7) is 0.881. The molecule has 2 N–H and O–H groups in total. The van der Waals surface area contributed by atoms with Crippen molar-refractivity contribution in [1.82, 2.24) is 4.31 Å². The normalized spacial score (nSPS) is 27.3. The van der Waals surface area contributed by atoms with Gasteiger partial charge in [0, 0.05) is 16.7 Å². The minimum Gasteiger partial charge on any atom is -0.398 e. The van der Waals surface area contributed by atoms with E-state index >= 15 is 0 Å². The molecule has 1 saturated heterocycles. The average Bonchev–Trinajstić information content (AvgIpc) is 2.49. The molecule has 7 heteroatoms. The molecule has 21 heavy (non-hydrogen) atoms. The van der Waals surface area contributed by atoms with Gasteiger partial charge in [-0.2, -0.15) is 4.31 Å². The van der Waals surface area contributed by atoms with Crippen LogP contribution in [-0.4, -0.2) is 38.0 Å². The first-order valence-electron chi connectivity index (χ1n) is 7.18. The van der Waals surface area contributed by atoms with Crippen molar-refractivity contribution < 1.29 is 13.2 Å². The maximum Gasteiger partial charge on any atom is 0.243 e. The van der Waals surface area contributed by atoms with Gasteiger partial charge in [0.25, 0.3) is 0 Å². The minimum absolute atomic E-state index is 0.0371. The Morgan fingerprint density at radius 2 is 2.05 bits per heavy atom. The van der Waals surface area contributed by atoms with E-state index < -0.39 is 10.0 Å². The third-order valence-electron chi connectivity index (χ3n) is 4.26. The second kappa shape index (κ2) is 5.87. The molecule has 1 aromatic rings. The van der Waals surface area contributed by atoms with Gasteiger partial charge in [0.15, 0.2) is 0 Å². The summed E-state index contributed by atoms with van der Waals surface area (Å²) in [5.74, 6) is 0. The molecule has 1 heterocycles. The second-order valence-corrected chi connectivity index (χ2v) is 8.31. The maximum absolute atomic E-state index is 12.9. The van der Waals surface area contributed by atoms with Crippen LogP contribution in [0.2, 0.25) is 0 Å². The highest BCUT2D eigenvalue weighted by Crippen LogP contribution is 2.33. The van der Waals surface area contributed by atoms with Crippen molar-refractivity contribution in [3.05, 3.63) is 22.7 Å². The van der Waals surface area contributed by atoms with Gasteiger partial charge in [-0.25, -0.2) is 8.42 Å². The summed E-state index contributed by atoms with van der Waals surface area (Å²) >= 11 is 3.29. The van der Waals surface area contributed by atoms with E-state index in [-0.39, 0.29) is 17.0 Å². The molecule has 2 unspecified atom stereocenters. The van der Waals surface area contributed by atoms with E-state index in [0.717, 1.165) is 25.7 Å². The molecular formula is C14H19BrN2O3S. The number of nitrogens with zero attached hydrogens (tertiary/aromatic N) is 1. The maximum atomic E-state index is 12.9. The lowest BCUT2D eigenvalue weighted by molar-refractivity contribution is -0.0586. The minimum atomic E-state index is -3.52. The first-order valence-corrected chi connectivity index (χ1v) is 9.42. The van der Waals surface area contributed by atoms with Crippen LogP contribution in [0.25, 0.3) is 0 Å². The number of fused-ring (bicyclic) bond motifs is 1. The van der Waals surface area contributed by atoms with Crippen LogP contribution in [0.3, 0.4) is 0 Å². The standard InChI is InChI=1S/C14H19BrN2O3S/c15-11-6-5-10(9-12(11)16)21(18,19)17-7-8-20-14-4-2-1-3-13(14)17/h5-6,9,13-14H,1-4,7-8,16H2. The van der Waals surface area contributed by atoms with Crippen LogP contribution in [0, 0.1) is 0 Å². The molecule has 2 fully saturated rings. The van der Waals surface area contributed by atoms with E-state index in [1.807, 2.05) is 0 Å². The lowest BCUT2D eigenvalue weighted by Crippen LogP contribution is -2.54. The van der Waals surface area contributed by atoms with Crippen molar-refractivity contribution in [2.45, 2.75) is 42.7 Å². The molecule has 1 saturated carbocycles. The molecule has 0 aromatic heterocycles. The zero-order valence-corrected chi connectivity index (χ0v) is 14.1. The van der Waals surface area contributed by atoms with Crippen LogP contribution in [-0.2, 0) is 14.8 Å². The predicted octanol–water partition coefficient (Wildman–Crippen LogP) is 2.36. The summed E-state index contributed by atoms with van der Waals surface area (Å²) < 4.78 is 33.9. The number of ether oxygens (including phenoxy) is 1. The number of hydrogen-bond acceptors (Lipinski definition) is 4. The van der Waals surface area contributed by atoms with Gasteiger partial charge in [-0.15, -0.1) is 0 Å². The summed E-state index contributed by atoms with van der Waals surface area (Å²) in [7, 11) is -3.52.